The summed E-state index contributed by atoms with van der Waals surface area (Å²) in [6.45, 7) is 1.20. The van der Waals surface area contributed by atoms with E-state index in [2.05, 4.69) is 10.6 Å². The maximum atomic E-state index is 12.8. The summed E-state index contributed by atoms with van der Waals surface area (Å²) in [4.78, 5) is 71.4. The Hall–Kier alpha value is -4.04. The van der Waals surface area contributed by atoms with E-state index in [9.17, 15) is 39.0 Å². The van der Waals surface area contributed by atoms with Crippen molar-refractivity contribution in [2.75, 3.05) is 0 Å². The van der Waals surface area contributed by atoms with Crippen LogP contribution in [0.3, 0.4) is 0 Å². The highest BCUT2D eigenvalue weighted by atomic mass is 16.4. The number of amides is 4. The van der Waals surface area contributed by atoms with Crippen LogP contribution in [0.25, 0.3) is 0 Å². The summed E-state index contributed by atoms with van der Waals surface area (Å²) < 4.78 is 0. The molecule has 0 spiro atoms. The third-order valence-electron chi connectivity index (χ3n) is 5.00. The summed E-state index contributed by atoms with van der Waals surface area (Å²) >= 11 is 0. The summed E-state index contributed by atoms with van der Waals surface area (Å²) in [5.74, 6) is -6.81. The van der Waals surface area contributed by atoms with Crippen LogP contribution < -0.4 is 27.4 Å². The molecule has 14 nitrogen and oxygen atoms in total. The maximum absolute atomic E-state index is 12.8. The van der Waals surface area contributed by atoms with Gasteiger partial charge in [0, 0.05) is 6.42 Å². The molecule has 0 heterocycles. The predicted molar refractivity (Wildman–Crippen MR) is 124 cm³/mol. The molecule has 1 rings (SSSR count). The largest absolute Gasteiger partial charge is 0.481 e. The summed E-state index contributed by atoms with van der Waals surface area (Å²) in [5.41, 5.74) is 11.8. The van der Waals surface area contributed by atoms with Crippen LogP contribution in [0.2, 0.25) is 0 Å². The molecule has 36 heavy (non-hydrogen) atoms. The number of hydrogen-bond acceptors (Lipinski definition) is 8. The Balaban J connectivity index is 2.92. The fraction of sp³-hybridized carbons (Fsp3) is 0.455. The Morgan fingerprint density at radius 1 is 0.889 bits per heavy atom. The minimum Gasteiger partial charge on any atom is -0.481 e. The molecule has 1 aromatic carbocycles. The van der Waals surface area contributed by atoms with Gasteiger partial charge in [0.2, 0.25) is 23.6 Å². The van der Waals surface area contributed by atoms with Crippen LogP contribution in [0.4, 0.5) is 0 Å². The van der Waals surface area contributed by atoms with Crippen molar-refractivity contribution in [1.82, 2.24) is 16.0 Å². The Kier molecular flexibility index (Phi) is 12.0. The lowest BCUT2D eigenvalue weighted by molar-refractivity contribution is -0.143. The van der Waals surface area contributed by atoms with E-state index in [0.29, 0.717) is 0 Å². The average molecular weight is 510 g/mol. The number of carbonyl (C=O) groups is 6. The van der Waals surface area contributed by atoms with Gasteiger partial charge in [-0.2, -0.15) is 0 Å². The number of rotatable bonds is 15. The van der Waals surface area contributed by atoms with Crippen LogP contribution in [-0.4, -0.2) is 81.2 Å². The number of carboxylic acid groups (broad SMARTS) is 2. The molecule has 0 saturated carbocycles. The number of benzene rings is 1. The first-order chi connectivity index (χ1) is 16.8. The number of hydrogen-bond donors (Lipinski definition) is 8. The molecule has 0 aliphatic carbocycles. The summed E-state index contributed by atoms with van der Waals surface area (Å²) in [6.07, 6.45) is -3.07. The highest BCUT2D eigenvalue weighted by molar-refractivity contribution is 5.96. The fourth-order valence-electron chi connectivity index (χ4n) is 3.10. The van der Waals surface area contributed by atoms with E-state index in [1.165, 1.54) is 6.92 Å². The quantitative estimate of drug-likeness (QED) is 0.121. The number of nitrogens with two attached hydrogens (primary N) is 2. The topological polar surface area (TPSA) is 251 Å². The van der Waals surface area contributed by atoms with Crippen LogP contribution >= 0.6 is 0 Å². The first-order valence-corrected chi connectivity index (χ1v) is 10.9. The SMILES string of the molecule is CC(O)C(NC(=O)C(N)Cc1ccccc1)C(=O)NC(CC(N)=O)C(=O)NC(CCC(=O)O)C(=O)O. The Morgan fingerprint density at radius 3 is 1.97 bits per heavy atom. The van der Waals surface area contributed by atoms with E-state index in [0.717, 1.165) is 5.56 Å². The van der Waals surface area contributed by atoms with Gasteiger partial charge in [-0.25, -0.2) is 4.79 Å². The number of carbonyl (C=O) groups excluding carboxylic acids is 4. The third kappa shape index (κ3) is 10.5. The molecule has 0 fully saturated rings. The van der Waals surface area contributed by atoms with Gasteiger partial charge in [0.25, 0.3) is 0 Å². The predicted octanol–water partition coefficient (Wildman–Crippen LogP) is -2.78. The molecular weight excluding hydrogens is 478 g/mol. The molecule has 5 unspecified atom stereocenters. The molecule has 0 radical (unpaired) electrons. The second kappa shape index (κ2) is 14.4. The standard InChI is InChI=1S/C22H31N5O9/c1-11(28)18(27-19(32)13(23)9-12-5-3-2-4-6-12)21(34)26-15(10-16(24)29)20(33)25-14(22(35)36)7-8-17(30)31/h2-6,11,13-15,18,28H,7-10,23H2,1H3,(H2,24,29)(H,25,33)(H,26,34)(H,27,32)(H,30,31)(H,35,36). The van der Waals surface area contributed by atoms with Crippen molar-refractivity contribution in [3.63, 3.8) is 0 Å². The number of aliphatic hydroxyl groups excluding tert-OH is 1. The van der Waals surface area contributed by atoms with Crippen molar-refractivity contribution < 1.29 is 44.1 Å². The van der Waals surface area contributed by atoms with Gasteiger partial charge in [0.05, 0.1) is 18.6 Å². The monoisotopic (exact) mass is 509 g/mol. The van der Waals surface area contributed by atoms with Crippen molar-refractivity contribution in [2.45, 2.75) is 62.9 Å². The number of nitrogens with one attached hydrogen (secondary N) is 3. The van der Waals surface area contributed by atoms with Gasteiger partial charge in [-0.3, -0.25) is 24.0 Å². The van der Waals surface area contributed by atoms with E-state index >= 15 is 0 Å². The van der Waals surface area contributed by atoms with Crippen molar-refractivity contribution in [1.29, 1.82) is 0 Å². The first kappa shape index (κ1) is 30.0. The Bertz CT molecular complexity index is 954. The number of aliphatic carboxylic acids is 2. The van der Waals surface area contributed by atoms with Crippen molar-refractivity contribution in [3.05, 3.63) is 35.9 Å². The van der Waals surface area contributed by atoms with Gasteiger partial charge in [-0.1, -0.05) is 30.3 Å². The van der Waals surface area contributed by atoms with Gasteiger partial charge in [0.15, 0.2) is 0 Å². The highest BCUT2D eigenvalue weighted by Gasteiger charge is 2.33. The molecular formula is C22H31N5O9. The highest BCUT2D eigenvalue weighted by Crippen LogP contribution is 2.05. The average Bonchev–Trinajstić information content (AvgIpc) is 2.78. The summed E-state index contributed by atoms with van der Waals surface area (Å²) in [6, 6.07) is 2.86. The molecule has 5 atom stereocenters. The van der Waals surface area contributed by atoms with Crippen LogP contribution in [0.5, 0.6) is 0 Å². The fourth-order valence-corrected chi connectivity index (χ4v) is 3.10. The van der Waals surface area contributed by atoms with Crippen molar-refractivity contribution >= 4 is 35.6 Å². The van der Waals surface area contributed by atoms with Crippen molar-refractivity contribution in [3.8, 4) is 0 Å². The third-order valence-corrected chi connectivity index (χ3v) is 5.00. The molecule has 10 N–H and O–H groups in total. The Labute approximate surface area is 206 Å². The van der Waals surface area contributed by atoms with Crippen molar-refractivity contribution in [2.24, 2.45) is 11.5 Å². The number of carboxylic acids is 2. The molecule has 0 saturated heterocycles. The molecule has 0 aromatic heterocycles. The van der Waals surface area contributed by atoms with E-state index in [1.807, 2.05) is 5.32 Å². The van der Waals surface area contributed by atoms with Gasteiger partial charge in [-0.15, -0.1) is 0 Å². The first-order valence-electron chi connectivity index (χ1n) is 10.9. The van der Waals surface area contributed by atoms with Crippen LogP contribution in [0, 0.1) is 0 Å². The van der Waals surface area contributed by atoms with E-state index in [-0.39, 0.29) is 6.42 Å². The zero-order valence-electron chi connectivity index (χ0n) is 19.5. The van der Waals surface area contributed by atoms with E-state index in [1.54, 1.807) is 30.3 Å². The maximum Gasteiger partial charge on any atom is 0.326 e. The van der Waals surface area contributed by atoms with Gasteiger partial charge in [0.1, 0.15) is 18.1 Å². The zero-order valence-corrected chi connectivity index (χ0v) is 19.5. The summed E-state index contributed by atoms with van der Waals surface area (Å²) in [5, 5.41) is 34.5. The summed E-state index contributed by atoms with van der Waals surface area (Å²) in [7, 11) is 0. The normalized spacial score (nSPS) is 14.9. The minimum atomic E-state index is -1.67. The van der Waals surface area contributed by atoms with Gasteiger partial charge < -0.3 is 42.7 Å². The lowest BCUT2D eigenvalue weighted by Gasteiger charge is -2.26. The van der Waals surface area contributed by atoms with Crippen LogP contribution in [-0.2, 0) is 35.2 Å². The van der Waals surface area contributed by atoms with Gasteiger partial charge in [-0.05, 0) is 25.3 Å². The van der Waals surface area contributed by atoms with Gasteiger partial charge >= 0.3 is 11.9 Å². The molecule has 14 heteroatoms. The smallest absolute Gasteiger partial charge is 0.326 e. The number of aliphatic hydroxyl groups is 1. The number of primary amides is 1. The second-order valence-electron chi connectivity index (χ2n) is 8.09. The van der Waals surface area contributed by atoms with E-state index in [4.69, 9.17) is 16.6 Å². The minimum absolute atomic E-state index is 0.139. The zero-order chi connectivity index (χ0) is 27.4. The molecule has 0 aliphatic heterocycles. The molecule has 4 amide bonds. The Morgan fingerprint density at radius 2 is 1.47 bits per heavy atom. The van der Waals surface area contributed by atoms with Crippen LogP contribution in [0.15, 0.2) is 30.3 Å². The molecule has 0 bridgehead atoms. The molecule has 1 aromatic rings. The molecule has 198 valence electrons. The second-order valence-corrected chi connectivity index (χ2v) is 8.09. The van der Waals surface area contributed by atoms with E-state index < -0.39 is 85.1 Å². The lowest BCUT2D eigenvalue weighted by Crippen LogP contribution is -2.60. The lowest BCUT2D eigenvalue weighted by atomic mass is 10.0. The van der Waals surface area contributed by atoms with Crippen LogP contribution in [0.1, 0.15) is 31.7 Å². The molecule has 0 aliphatic rings.